The lowest BCUT2D eigenvalue weighted by molar-refractivity contribution is -0.00727. The topological polar surface area (TPSA) is 23.5 Å². The summed E-state index contributed by atoms with van der Waals surface area (Å²) < 4.78 is 0. The molecule has 3 heteroatoms. The molecule has 2 rings (SSSR count). The maximum absolute atomic E-state index is 9.79. The van der Waals surface area contributed by atoms with Crippen LogP contribution in [0.15, 0.2) is 16.8 Å². The molecule has 0 atom stereocenters. The Balaban J connectivity index is 1.85. The van der Waals surface area contributed by atoms with Gasteiger partial charge in [0, 0.05) is 19.6 Å². The Hall–Kier alpha value is -0.380. The zero-order valence-corrected chi connectivity index (χ0v) is 9.39. The van der Waals surface area contributed by atoms with Crippen LogP contribution in [0.25, 0.3) is 0 Å². The predicted octanol–water partition coefficient (Wildman–Crippen LogP) is 2.09. The van der Waals surface area contributed by atoms with Gasteiger partial charge in [0.25, 0.3) is 0 Å². The number of piperidine rings is 1. The third-order valence-electron chi connectivity index (χ3n) is 2.92. The van der Waals surface area contributed by atoms with E-state index in [1.807, 2.05) is 6.92 Å². The second-order valence-electron chi connectivity index (χ2n) is 4.40. The summed E-state index contributed by atoms with van der Waals surface area (Å²) in [6, 6.07) is 2.18. The van der Waals surface area contributed by atoms with Gasteiger partial charge in [0.2, 0.25) is 0 Å². The Morgan fingerprint density at radius 2 is 2.21 bits per heavy atom. The van der Waals surface area contributed by atoms with Crippen molar-refractivity contribution < 1.29 is 5.11 Å². The van der Waals surface area contributed by atoms with Gasteiger partial charge in [-0.15, -0.1) is 0 Å². The molecule has 1 aromatic rings. The van der Waals surface area contributed by atoms with Crippen LogP contribution in [-0.2, 0) is 6.54 Å². The van der Waals surface area contributed by atoms with E-state index in [1.54, 1.807) is 11.3 Å². The molecule has 2 nitrogen and oxygen atoms in total. The van der Waals surface area contributed by atoms with Crippen LogP contribution >= 0.6 is 11.3 Å². The fourth-order valence-corrected chi connectivity index (χ4v) is 2.49. The van der Waals surface area contributed by atoms with E-state index in [9.17, 15) is 5.11 Å². The second-order valence-corrected chi connectivity index (χ2v) is 5.18. The van der Waals surface area contributed by atoms with Gasteiger partial charge in [0.15, 0.2) is 0 Å². The van der Waals surface area contributed by atoms with Gasteiger partial charge in [-0.25, -0.2) is 0 Å². The van der Waals surface area contributed by atoms with E-state index in [1.165, 1.54) is 5.56 Å². The molecule has 78 valence electrons. The van der Waals surface area contributed by atoms with Crippen molar-refractivity contribution in [3.05, 3.63) is 22.4 Å². The summed E-state index contributed by atoms with van der Waals surface area (Å²) in [4.78, 5) is 2.42. The Kier molecular flexibility index (Phi) is 2.91. The number of likely N-dealkylation sites (tertiary alicyclic amines) is 1. The smallest absolute Gasteiger partial charge is 0.0644 e. The van der Waals surface area contributed by atoms with Crippen LogP contribution in [0, 0.1) is 0 Å². The Morgan fingerprint density at radius 1 is 1.50 bits per heavy atom. The summed E-state index contributed by atoms with van der Waals surface area (Å²) >= 11 is 1.75. The molecule has 1 aliphatic rings. The molecule has 0 spiro atoms. The normalized spacial score (nSPS) is 22.4. The molecule has 1 fully saturated rings. The Bertz CT molecular complexity index is 271. The molecule has 0 aliphatic carbocycles. The molecular formula is C11H17NOS. The van der Waals surface area contributed by atoms with Gasteiger partial charge in [-0.2, -0.15) is 11.3 Å². The van der Waals surface area contributed by atoms with E-state index in [2.05, 4.69) is 21.7 Å². The van der Waals surface area contributed by atoms with Crippen LogP contribution in [0.3, 0.4) is 0 Å². The minimum absolute atomic E-state index is 0.425. The first-order chi connectivity index (χ1) is 6.66. The molecule has 0 aromatic carbocycles. The van der Waals surface area contributed by atoms with Crippen molar-refractivity contribution in [1.29, 1.82) is 0 Å². The molecule has 1 aliphatic heterocycles. The van der Waals surface area contributed by atoms with Gasteiger partial charge in [-0.1, -0.05) is 0 Å². The maximum Gasteiger partial charge on any atom is 0.0644 e. The summed E-state index contributed by atoms with van der Waals surface area (Å²) in [5.74, 6) is 0. The predicted molar refractivity (Wildman–Crippen MR) is 59.5 cm³/mol. The number of rotatable bonds is 2. The van der Waals surface area contributed by atoms with Crippen LogP contribution in [-0.4, -0.2) is 28.7 Å². The summed E-state index contributed by atoms with van der Waals surface area (Å²) in [6.07, 6.45) is 1.80. The first-order valence-electron chi connectivity index (χ1n) is 5.12. The van der Waals surface area contributed by atoms with Crippen molar-refractivity contribution in [2.24, 2.45) is 0 Å². The number of hydrogen-bond donors (Lipinski definition) is 1. The summed E-state index contributed by atoms with van der Waals surface area (Å²) in [6.45, 7) is 5.01. The maximum atomic E-state index is 9.79. The van der Waals surface area contributed by atoms with Crippen molar-refractivity contribution in [1.82, 2.24) is 4.90 Å². The SMILES string of the molecule is CC1(O)CCN(Cc2ccsc2)CC1. The monoisotopic (exact) mass is 211 g/mol. The zero-order valence-electron chi connectivity index (χ0n) is 8.57. The van der Waals surface area contributed by atoms with Crippen molar-refractivity contribution in [2.75, 3.05) is 13.1 Å². The first kappa shape index (κ1) is 10.1. The van der Waals surface area contributed by atoms with Gasteiger partial charge in [-0.05, 0) is 42.2 Å². The standard InChI is InChI=1S/C11H17NOS/c1-11(13)3-5-12(6-4-11)8-10-2-7-14-9-10/h2,7,9,13H,3-6,8H2,1H3. The van der Waals surface area contributed by atoms with Gasteiger partial charge < -0.3 is 5.11 Å². The summed E-state index contributed by atoms with van der Waals surface area (Å²) in [5.41, 5.74) is 0.974. The van der Waals surface area contributed by atoms with Crippen LogP contribution in [0.1, 0.15) is 25.3 Å². The van der Waals surface area contributed by atoms with E-state index >= 15 is 0 Å². The fraction of sp³-hybridized carbons (Fsp3) is 0.636. The lowest BCUT2D eigenvalue weighted by Gasteiger charge is -2.35. The average Bonchev–Trinajstić information content (AvgIpc) is 2.61. The highest BCUT2D eigenvalue weighted by atomic mass is 32.1. The van der Waals surface area contributed by atoms with Gasteiger partial charge in [0.05, 0.1) is 5.60 Å². The second kappa shape index (κ2) is 4.01. The molecule has 0 radical (unpaired) electrons. The fourth-order valence-electron chi connectivity index (χ4n) is 1.83. The van der Waals surface area contributed by atoms with Crippen LogP contribution in [0.5, 0.6) is 0 Å². The molecule has 2 heterocycles. The molecule has 1 N–H and O–H groups in total. The highest BCUT2D eigenvalue weighted by molar-refractivity contribution is 7.07. The van der Waals surface area contributed by atoms with Gasteiger partial charge in [0.1, 0.15) is 0 Å². The van der Waals surface area contributed by atoms with E-state index in [4.69, 9.17) is 0 Å². The minimum Gasteiger partial charge on any atom is -0.390 e. The Labute approximate surface area is 89.2 Å². The molecule has 0 amide bonds. The van der Waals surface area contributed by atoms with Crippen molar-refractivity contribution in [2.45, 2.75) is 31.9 Å². The Morgan fingerprint density at radius 3 is 2.79 bits per heavy atom. The van der Waals surface area contributed by atoms with Crippen LogP contribution in [0.2, 0.25) is 0 Å². The largest absolute Gasteiger partial charge is 0.390 e. The molecule has 1 aromatic heterocycles. The number of nitrogens with zero attached hydrogens (tertiary/aromatic N) is 1. The number of thiophene rings is 1. The highest BCUT2D eigenvalue weighted by Gasteiger charge is 2.26. The molecule has 14 heavy (non-hydrogen) atoms. The molecular weight excluding hydrogens is 194 g/mol. The number of hydrogen-bond acceptors (Lipinski definition) is 3. The van der Waals surface area contributed by atoms with Crippen LogP contribution in [0.4, 0.5) is 0 Å². The van der Waals surface area contributed by atoms with Crippen molar-refractivity contribution in [3.63, 3.8) is 0 Å². The third kappa shape index (κ3) is 2.56. The van der Waals surface area contributed by atoms with Crippen molar-refractivity contribution >= 4 is 11.3 Å². The molecule has 1 saturated heterocycles. The van der Waals surface area contributed by atoms with Gasteiger partial charge >= 0.3 is 0 Å². The zero-order chi connectivity index (χ0) is 10.0. The lowest BCUT2D eigenvalue weighted by atomic mass is 9.94. The highest BCUT2D eigenvalue weighted by Crippen LogP contribution is 2.22. The molecule has 0 unspecified atom stereocenters. The quantitative estimate of drug-likeness (QED) is 0.809. The minimum atomic E-state index is -0.425. The van der Waals surface area contributed by atoms with Crippen LogP contribution < -0.4 is 0 Å². The number of aliphatic hydroxyl groups is 1. The van der Waals surface area contributed by atoms with E-state index < -0.39 is 5.60 Å². The van der Waals surface area contributed by atoms with Crippen molar-refractivity contribution in [3.8, 4) is 0 Å². The summed E-state index contributed by atoms with van der Waals surface area (Å²) in [7, 11) is 0. The van der Waals surface area contributed by atoms with E-state index in [0.29, 0.717) is 0 Å². The summed E-state index contributed by atoms with van der Waals surface area (Å²) in [5, 5.41) is 14.1. The molecule has 0 saturated carbocycles. The lowest BCUT2D eigenvalue weighted by Crippen LogP contribution is -2.41. The third-order valence-corrected chi connectivity index (χ3v) is 3.65. The van der Waals surface area contributed by atoms with E-state index in [-0.39, 0.29) is 0 Å². The molecule has 0 bridgehead atoms. The average molecular weight is 211 g/mol. The van der Waals surface area contributed by atoms with Gasteiger partial charge in [-0.3, -0.25) is 4.90 Å². The first-order valence-corrected chi connectivity index (χ1v) is 6.06. The van der Waals surface area contributed by atoms with E-state index in [0.717, 1.165) is 32.5 Å².